The highest BCUT2D eigenvalue weighted by Gasteiger charge is 2.09. The topological polar surface area (TPSA) is 46.5 Å². The molecular weight excluding hydrogens is 224 g/mol. The van der Waals surface area contributed by atoms with Crippen molar-refractivity contribution < 1.29 is 14.6 Å². The Balaban J connectivity index is 2.81. The second-order valence-electron chi connectivity index (χ2n) is 3.61. The summed E-state index contributed by atoms with van der Waals surface area (Å²) in [5.41, 5.74) is 2.28. The van der Waals surface area contributed by atoms with Gasteiger partial charge in [-0.15, -0.1) is 11.8 Å². The van der Waals surface area contributed by atoms with Gasteiger partial charge in [-0.25, -0.2) is 0 Å². The largest absolute Gasteiger partial charge is 0.496 e. The third-order valence-electron chi connectivity index (χ3n) is 2.17. The van der Waals surface area contributed by atoms with Gasteiger partial charge in [0.1, 0.15) is 5.75 Å². The first-order valence-corrected chi connectivity index (χ1v) is 6.03. The molecule has 0 aliphatic heterocycles. The maximum Gasteiger partial charge on any atom is 0.304 e. The Labute approximate surface area is 99.8 Å². The molecule has 0 aliphatic carbocycles. The standard InChI is InChI=1S/C12H16O3S/c1-8-6-9(2)12(10(7-8)15-3)16-5-4-11(13)14/h6-7H,4-5H2,1-3H3,(H,13,14). The minimum Gasteiger partial charge on any atom is -0.496 e. The number of carbonyl (C=O) groups is 1. The van der Waals surface area contributed by atoms with Crippen molar-refractivity contribution in [2.45, 2.75) is 25.2 Å². The van der Waals surface area contributed by atoms with Gasteiger partial charge in [0.15, 0.2) is 0 Å². The lowest BCUT2D eigenvalue weighted by molar-refractivity contribution is -0.136. The quantitative estimate of drug-likeness (QED) is 0.804. The summed E-state index contributed by atoms with van der Waals surface area (Å²) in [6.45, 7) is 4.03. The molecule has 4 heteroatoms. The number of aliphatic carboxylic acids is 1. The van der Waals surface area contributed by atoms with Gasteiger partial charge in [0.2, 0.25) is 0 Å². The fraction of sp³-hybridized carbons (Fsp3) is 0.417. The van der Waals surface area contributed by atoms with Crippen LogP contribution in [0.4, 0.5) is 0 Å². The van der Waals surface area contributed by atoms with Gasteiger partial charge in [-0.1, -0.05) is 6.07 Å². The summed E-state index contributed by atoms with van der Waals surface area (Å²) in [7, 11) is 1.63. The molecule has 0 spiro atoms. The van der Waals surface area contributed by atoms with E-state index >= 15 is 0 Å². The van der Waals surface area contributed by atoms with Crippen LogP contribution >= 0.6 is 11.8 Å². The van der Waals surface area contributed by atoms with Crippen molar-refractivity contribution >= 4 is 17.7 Å². The molecule has 1 rings (SSSR count). The molecule has 0 aliphatic rings. The Morgan fingerprint density at radius 1 is 1.44 bits per heavy atom. The number of rotatable bonds is 5. The van der Waals surface area contributed by atoms with Gasteiger partial charge in [-0.2, -0.15) is 0 Å². The maximum atomic E-state index is 10.4. The molecule has 0 fully saturated rings. The molecule has 0 atom stereocenters. The van der Waals surface area contributed by atoms with Crippen molar-refractivity contribution in [1.29, 1.82) is 0 Å². The van der Waals surface area contributed by atoms with Crippen molar-refractivity contribution in [3.05, 3.63) is 23.3 Å². The van der Waals surface area contributed by atoms with E-state index in [4.69, 9.17) is 9.84 Å². The predicted molar refractivity (Wildman–Crippen MR) is 65.4 cm³/mol. The van der Waals surface area contributed by atoms with Crippen molar-refractivity contribution in [2.24, 2.45) is 0 Å². The molecule has 3 nitrogen and oxygen atoms in total. The molecule has 0 heterocycles. The van der Waals surface area contributed by atoms with Crippen LogP contribution in [-0.2, 0) is 4.79 Å². The number of ether oxygens (including phenoxy) is 1. The molecule has 0 saturated heterocycles. The molecule has 0 aromatic heterocycles. The highest BCUT2D eigenvalue weighted by Crippen LogP contribution is 2.33. The van der Waals surface area contributed by atoms with Crippen LogP contribution in [0.5, 0.6) is 5.75 Å². The number of thioether (sulfide) groups is 1. The summed E-state index contributed by atoms with van der Waals surface area (Å²) in [6.07, 6.45) is 0.168. The molecule has 0 amide bonds. The lowest BCUT2D eigenvalue weighted by Crippen LogP contribution is -1.97. The van der Waals surface area contributed by atoms with E-state index < -0.39 is 5.97 Å². The second-order valence-corrected chi connectivity index (χ2v) is 4.71. The number of benzene rings is 1. The first kappa shape index (κ1) is 12.9. The Morgan fingerprint density at radius 2 is 2.12 bits per heavy atom. The lowest BCUT2D eigenvalue weighted by atomic mass is 10.1. The highest BCUT2D eigenvalue weighted by atomic mass is 32.2. The monoisotopic (exact) mass is 240 g/mol. The second kappa shape index (κ2) is 5.80. The van der Waals surface area contributed by atoms with E-state index in [9.17, 15) is 4.79 Å². The Bertz CT molecular complexity index is 388. The van der Waals surface area contributed by atoms with Crippen LogP contribution in [-0.4, -0.2) is 23.9 Å². The number of hydrogen-bond acceptors (Lipinski definition) is 3. The summed E-state index contributed by atoms with van der Waals surface area (Å²) >= 11 is 1.53. The summed E-state index contributed by atoms with van der Waals surface area (Å²) < 4.78 is 5.30. The van der Waals surface area contributed by atoms with E-state index in [2.05, 4.69) is 6.07 Å². The van der Waals surface area contributed by atoms with Crippen LogP contribution in [0.25, 0.3) is 0 Å². The first-order chi connectivity index (χ1) is 7.54. The fourth-order valence-corrected chi connectivity index (χ4v) is 2.54. The summed E-state index contributed by atoms with van der Waals surface area (Å²) in [6, 6.07) is 4.04. The molecule has 1 aromatic rings. The summed E-state index contributed by atoms with van der Waals surface area (Å²) in [4.78, 5) is 11.5. The van der Waals surface area contributed by atoms with Gasteiger partial charge in [0.25, 0.3) is 0 Å². The average molecular weight is 240 g/mol. The molecule has 1 aromatic carbocycles. The molecule has 0 bridgehead atoms. The zero-order valence-corrected chi connectivity index (χ0v) is 10.6. The van der Waals surface area contributed by atoms with Crippen molar-refractivity contribution in [3.63, 3.8) is 0 Å². The van der Waals surface area contributed by atoms with E-state index in [0.29, 0.717) is 5.75 Å². The molecule has 0 saturated carbocycles. The summed E-state index contributed by atoms with van der Waals surface area (Å²) in [5, 5.41) is 8.59. The van der Waals surface area contributed by atoms with E-state index in [1.165, 1.54) is 11.8 Å². The van der Waals surface area contributed by atoms with E-state index in [-0.39, 0.29) is 6.42 Å². The Morgan fingerprint density at radius 3 is 2.69 bits per heavy atom. The highest BCUT2D eigenvalue weighted by molar-refractivity contribution is 7.99. The normalized spacial score (nSPS) is 10.2. The van der Waals surface area contributed by atoms with Gasteiger partial charge >= 0.3 is 5.97 Å². The molecule has 88 valence electrons. The third-order valence-corrected chi connectivity index (χ3v) is 3.39. The van der Waals surface area contributed by atoms with Crippen LogP contribution in [0.3, 0.4) is 0 Å². The van der Waals surface area contributed by atoms with Crippen LogP contribution in [0.1, 0.15) is 17.5 Å². The third kappa shape index (κ3) is 3.45. The zero-order chi connectivity index (χ0) is 12.1. The molecule has 16 heavy (non-hydrogen) atoms. The van der Waals surface area contributed by atoms with Crippen molar-refractivity contribution in [1.82, 2.24) is 0 Å². The van der Waals surface area contributed by atoms with Crippen LogP contribution < -0.4 is 4.74 Å². The van der Waals surface area contributed by atoms with E-state index in [1.54, 1.807) is 7.11 Å². The predicted octanol–water partition coefficient (Wildman–Crippen LogP) is 2.88. The first-order valence-electron chi connectivity index (χ1n) is 5.04. The SMILES string of the molecule is COc1cc(C)cc(C)c1SCCC(=O)O. The van der Waals surface area contributed by atoms with E-state index in [1.807, 2.05) is 19.9 Å². The lowest BCUT2D eigenvalue weighted by Gasteiger charge is -2.11. The number of hydrogen-bond donors (Lipinski definition) is 1. The van der Waals surface area contributed by atoms with E-state index in [0.717, 1.165) is 21.8 Å². The summed E-state index contributed by atoms with van der Waals surface area (Å²) in [5.74, 6) is 0.624. The van der Waals surface area contributed by atoms with Crippen LogP contribution in [0.15, 0.2) is 17.0 Å². The number of carboxylic acid groups (broad SMARTS) is 1. The Kier molecular flexibility index (Phi) is 4.68. The molecule has 1 N–H and O–H groups in total. The van der Waals surface area contributed by atoms with Crippen molar-refractivity contribution in [3.8, 4) is 5.75 Å². The van der Waals surface area contributed by atoms with Gasteiger partial charge in [0.05, 0.1) is 18.4 Å². The maximum absolute atomic E-state index is 10.4. The average Bonchev–Trinajstić information content (AvgIpc) is 2.20. The van der Waals surface area contributed by atoms with Crippen LogP contribution in [0, 0.1) is 13.8 Å². The van der Waals surface area contributed by atoms with Gasteiger partial charge in [-0.05, 0) is 31.0 Å². The smallest absolute Gasteiger partial charge is 0.304 e. The Hall–Kier alpha value is -1.16. The van der Waals surface area contributed by atoms with Crippen LogP contribution in [0.2, 0.25) is 0 Å². The number of aryl methyl sites for hydroxylation is 2. The molecule has 0 unspecified atom stereocenters. The van der Waals surface area contributed by atoms with Crippen molar-refractivity contribution in [2.75, 3.05) is 12.9 Å². The minimum absolute atomic E-state index is 0.168. The molecular formula is C12H16O3S. The minimum atomic E-state index is -0.767. The number of methoxy groups -OCH3 is 1. The number of carboxylic acids is 1. The van der Waals surface area contributed by atoms with Gasteiger partial charge < -0.3 is 9.84 Å². The zero-order valence-electron chi connectivity index (χ0n) is 9.74. The van der Waals surface area contributed by atoms with Gasteiger partial charge in [0, 0.05) is 5.75 Å². The van der Waals surface area contributed by atoms with Gasteiger partial charge in [-0.3, -0.25) is 4.79 Å². The fourth-order valence-electron chi connectivity index (χ4n) is 1.49. The molecule has 0 radical (unpaired) electrons.